The van der Waals surface area contributed by atoms with Crippen molar-refractivity contribution in [3.8, 4) is 0 Å². The molecular formula is C14H23BrN2. The van der Waals surface area contributed by atoms with Gasteiger partial charge in [-0.2, -0.15) is 0 Å². The Hall–Kier alpha value is -0.440. The fourth-order valence-corrected chi connectivity index (χ4v) is 2.31. The van der Waals surface area contributed by atoms with Crippen LogP contribution in [0.4, 0.5) is 0 Å². The van der Waals surface area contributed by atoms with Crippen molar-refractivity contribution >= 4 is 15.9 Å². The highest BCUT2D eigenvalue weighted by molar-refractivity contribution is 9.10. The van der Waals surface area contributed by atoms with Crippen LogP contribution in [-0.4, -0.2) is 9.97 Å². The van der Waals surface area contributed by atoms with Crippen molar-refractivity contribution < 1.29 is 0 Å². The number of aromatic nitrogens is 2. The van der Waals surface area contributed by atoms with E-state index in [1.807, 2.05) is 12.4 Å². The lowest BCUT2D eigenvalue weighted by molar-refractivity contribution is 0.354. The van der Waals surface area contributed by atoms with E-state index < -0.39 is 0 Å². The van der Waals surface area contributed by atoms with Crippen LogP contribution in [0.1, 0.15) is 65.1 Å². The van der Waals surface area contributed by atoms with E-state index in [9.17, 15) is 0 Å². The summed E-state index contributed by atoms with van der Waals surface area (Å²) < 4.78 is 0.953. The summed E-state index contributed by atoms with van der Waals surface area (Å²) in [6, 6.07) is 0. The molecular weight excluding hydrogens is 276 g/mol. The first kappa shape index (κ1) is 14.6. The third-order valence-corrected chi connectivity index (χ3v) is 3.73. The van der Waals surface area contributed by atoms with Crippen molar-refractivity contribution in [1.29, 1.82) is 0 Å². The van der Waals surface area contributed by atoms with Crippen molar-refractivity contribution in [2.45, 2.75) is 64.7 Å². The summed E-state index contributed by atoms with van der Waals surface area (Å²) in [5, 5.41) is 0. The van der Waals surface area contributed by atoms with Gasteiger partial charge in [-0.3, -0.25) is 0 Å². The predicted octanol–water partition coefficient (Wildman–Crippen LogP) is 4.88. The van der Waals surface area contributed by atoms with E-state index in [0.29, 0.717) is 0 Å². The Morgan fingerprint density at radius 2 is 1.53 bits per heavy atom. The van der Waals surface area contributed by atoms with Crippen LogP contribution in [-0.2, 0) is 5.41 Å². The van der Waals surface area contributed by atoms with Gasteiger partial charge >= 0.3 is 0 Å². The van der Waals surface area contributed by atoms with Gasteiger partial charge < -0.3 is 0 Å². The SMILES string of the molecule is CCCCC(C)(CCCC)c1ncc(Br)cn1. The van der Waals surface area contributed by atoms with Crippen molar-refractivity contribution in [3.63, 3.8) is 0 Å². The molecule has 0 atom stereocenters. The van der Waals surface area contributed by atoms with E-state index in [0.717, 1.165) is 10.3 Å². The lowest BCUT2D eigenvalue weighted by atomic mass is 9.79. The van der Waals surface area contributed by atoms with Crippen LogP contribution >= 0.6 is 15.9 Å². The zero-order valence-electron chi connectivity index (χ0n) is 11.2. The molecule has 0 spiro atoms. The zero-order valence-corrected chi connectivity index (χ0v) is 12.8. The molecule has 2 nitrogen and oxygen atoms in total. The number of hydrogen-bond acceptors (Lipinski definition) is 2. The fraction of sp³-hybridized carbons (Fsp3) is 0.714. The summed E-state index contributed by atoms with van der Waals surface area (Å²) in [5.74, 6) is 1.00. The van der Waals surface area contributed by atoms with Crippen LogP contribution in [0.3, 0.4) is 0 Å². The third-order valence-electron chi connectivity index (χ3n) is 3.32. The average Bonchev–Trinajstić information content (AvgIpc) is 2.34. The highest BCUT2D eigenvalue weighted by Crippen LogP contribution is 2.32. The Morgan fingerprint density at radius 1 is 1.06 bits per heavy atom. The summed E-state index contributed by atoms with van der Waals surface area (Å²) in [7, 11) is 0. The van der Waals surface area contributed by atoms with Gasteiger partial charge in [0.1, 0.15) is 5.82 Å². The zero-order chi connectivity index (χ0) is 12.7. The fourth-order valence-electron chi connectivity index (χ4n) is 2.11. The van der Waals surface area contributed by atoms with E-state index in [2.05, 4.69) is 46.7 Å². The second-order valence-electron chi connectivity index (χ2n) is 4.99. The predicted molar refractivity (Wildman–Crippen MR) is 76.1 cm³/mol. The van der Waals surface area contributed by atoms with Gasteiger partial charge in [0.15, 0.2) is 0 Å². The van der Waals surface area contributed by atoms with Crippen LogP contribution in [0, 0.1) is 0 Å². The summed E-state index contributed by atoms with van der Waals surface area (Å²) in [6.45, 7) is 6.78. The van der Waals surface area contributed by atoms with Gasteiger partial charge in [0.2, 0.25) is 0 Å². The van der Waals surface area contributed by atoms with Crippen molar-refractivity contribution in [2.75, 3.05) is 0 Å². The molecule has 0 aliphatic heterocycles. The van der Waals surface area contributed by atoms with Gasteiger partial charge in [0.25, 0.3) is 0 Å². The molecule has 0 unspecified atom stereocenters. The smallest absolute Gasteiger partial charge is 0.134 e. The molecule has 0 radical (unpaired) electrons. The van der Waals surface area contributed by atoms with E-state index in [-0.39, 0.29) is 5.41 Å². The Kier molecular flexibility index (Phi) is 6.10. The molecule has 96 valence electrons. The van der Waals surface area contributed by atoms with Gasteiger partial charge in [-0.25, -0.2) is 9.97 Å². The van der Waals surface area contributed by atoms with Gasteiger partial charge in [0, 0.05) is 17.8 Å². The monoisotopic (exact) mass is 298 g/mol. The molecule has 0 saturated heterocycles. The largest absolute Gasteiger partial charge is 0.240 e. The number of unbranched alkanes of at least 4 members (excludes halogenated alkanes) is 2. The maximum absolute atomic E-state index is 4.50. The Balaban J connectivity index is 2.83. The second-order valence-corrected chi connectivity index (χ2v) is 5.91. The lowest BCUT2D eigenvalue weighted by Crippen LogP contribution is -2.25. The van der Waals surface area contributed by atoms with Crippen molar-refractivity contribution in [3.05, 3.63) is 22.7 Å². The maximum Gasteiger partial charge on any atom is 0.134 e. The Morgan fingerprint density at radius 3 is 1.94 bits per heavy atom. The van der Waals surface area contributed by atoms with Gasteiger partial charge in [-0.15, -0.1) is 0 Å². The minimum Gasteiger partial charge on any atom is -0.240 e. The van der Waals surface area contributed by atoms with Gasteiger partial charge in [-0.05, 0) is 28.8 Å². The molecule has 17 heavy (non-hydrogen) atoms. The standard InChI is InChI=1S/C14H23BrN2/c1-4-6-8-14(3,9-7-5-2)13-16-10-12(15)11-17-13/h10-11H,4-9H2,1-3H3. The molecule has 1 aromatic heterocycles. The Bertz CT molecular complexity index is 313. The highest BCUT2D eigenvalue weighted by Gasteiger charge is 2.28. The minimum atomic E-state index is 0.146. The first-order valence-electron chi connectivity index (χ1n) is 6.60. The molecule has 0 amide bonds. The molecule has 3 heteroatoms. The molecule has 0 aromatic carbocycles. The number of hydrogen-bond donors (Lipinski definition) is 0. The van der Waals surface area contributed by atoms with Gasteiger partial charge in [-0.1, -0.05) is 46.5 Å². The van der Waals surface area contributed by atoms with Crippen LogP contribution in [0.15, 0.2) is 16.9 Å². The molecule has 1 heterocycles. The normalized spacial score (nSPS) is 11.8. The lowest BCUT2D eigenvalue weighted by Gasteiger charge is -2.28. The van der Waals surface area contributed by atoms with E-state index in [1.165, 1.54) is 38.5 Å². The van der Waals surface area contributed by atoms with Crippen LogP contribution in [0.5, 0.6) is 0 Å². The van der Waals surface area contributed by atoms with Crippen LogP contribution < -0.4 is 0 Å². The van der Waals surface area contributed by atoms with E-state index in [4.69, 9.17) is 0 Å². The quantitative estimate of drug-likeness (QED) is 0.717. The molecule has 0 saturated carbocycles. The van der Waals surface area contributed by atoms with Crippen molar-refractivity contribution in [1.82, 2.24) is 9.97 Å². The number of rotatable bonds is 7. The molecule has 1 aromatic rings. The molecule has 1 rings (SSSR count). The summed E-state index contributed by atoms with van der Waals surface area (Å²) in [5.41, 5.74) is 0.146. The first-order valence-corrected chi connectivity index (χ1v) is 7.39. The molecule has 0 bridgehead atoms. The third kappa shape index (κ3) is 4.38. The Labute approximate surface area is 113 Å². The summed E-state index contributed by atoms with van der Waals surface area (Å²) in [6.07, 6.45) is 11.1. The molecule has 0 fully saturated rings. The maximum atomic E-state index is 4.50. The summed E-state index contributed by atoms with van der Waals surface area (Å²) in [4.78, 5) is 9.00. The molecule has 0 aliphatic rings. The summed E-state index contributed by atoms with van der Waals surface area (Å²) >= 11 is 3.39. The minimum absolute atomic E-state index is 0.146. The highest BCUT2D eigenvalue weighted by atomic mass is 79.9. The molecule has 0 aliphatic carbocycles. The van der Waals surface area contributed by atoms with Crippen LogP contribution in [0.25, 0.3) is 0 Å². The van der Waals surface area contributed by atoms with Crippen molar-refractivity contribution in [2.24, 2.45) is 0 Å². The van der Waals surface area contributed by atoms with E-state index >= 15 is 0 Å². The topological polar surface area (TPSA) is 25.8 Å². The average molecular weight is 299 g/mol. The van der Waals surface area contributed by atoms with E-state index in [1.54, 1.807) is 0 Å². The second kappa shape index (κ2) is 7.10. The first-order chi connectivity index (χ1) is 8.12. The van der Waals surface area contributed by atoms with Gasteiger partial charge in [0.05, 0.1) is 4.47 Å². The number of nitrogens with zero attached hydrogens (tertiary/aromatic N) is 2. The number of halogens is 1. The van der Waals surface area contributed by atoms with Crippen LogP contribution in [0.2, 0.25) is 0 Å². The molecule has 0 N–H and O–H groups in total.